The van der Waals surface area contributed by atoms with Crippen molar-refractivity contribution in [2.24, 2.45) is 7.05 Å². The van der Waals surface area contributed by atoms with Gasteiger partial charge < -0.3 is 19.4 Å². The van der Waals surface area contributed by atoms with Crippen LogP contribution in [0, 0.1) is 6.92 Å². The molecule has 0 aliphatic heterocycles. The Balaban J connectivity index is 1.56. The fourth-order valence-corrected chi connectivity index (χ4v) is 3.47. The zero-order valence-corrected chi connectivity index (χ0v) is 18.4. The van der Waals surface area contributed by atoms with E-state index >= 15 is 0 Å². The standard InChI is InChI=1S/C22H24N4O4S/c1-4-29-21(28)17-10-5-6-11-18(17)23-20(27)14-31-22-25-24-19(26(22)3)13-30-16-9-7-8-15(2)12-16/h5-12H,4,13-14H2,1-3H3,(H,23,27). The van der Waals surface area contributed by atoms with Crippen molar-refractivity contribution in [3.63, 3.8) is 0 Å². The normalized spacial score (nSPS) is 10.5. The number of thioether (sulfide) groups is 1. The van der Waals surface area contributed by atoms with E-state index in [4.69, 9.17) is 9.47 Å². The predicted octanol–water partition coefficient (Wildman–Crippen LogP) is 3.61. The minimum Gasteiger partial charge on any atom is -0.486 e. The summed E-state index contributed by atoms with van der Waals surface area (Å²) < 4.78 is 12.6. The fraction of sp³-hybridized carbons (Fsp3) is 0.273. The molecule has 0 fully saturated rings. The Bertz CT molecular complexity index is 1070. The van der Waals surface area contributed by atoms with E-state index in [1.54, 1.807) is 35.8 Å². The largest absolute Gasteiger partial charge is 0.486 e. The van der Waals surface area contributed by atoms with E-state index in [0.717, 1.165) is 11.3 Å². The summed E-state index contributed by atoms with van der Waals surface area (Å²) >= 11 is 1.25. The molecule has 1 aromatic heterocycles. The zero-order valence-electron chi connectivity index (χ0n) is 17.6. The maximum Gasteiger partial charge on any atom is 0.340 e. The van der Waals surface area contributed by atoms with Crippen LogP contribution >= 0.6 is 11.8 Å². The van der Waals surface area contributed by atoms with Crippen molar-refractivity contribution >= 4 is 29.3 Å². The van der Waals surface area contributed by atoms with E-state index in [9.17, 15) is 9.59 Å². The summed E-state index contributed by atoms with van der Waals surface area (Å²) in [4.78, 5) is 24.5. The van der Waals surface area contributed by atoms with E-state index in [1.807, 2.05) is 38.2 Å². The van der Waals surface area contributed by atoms with Gasteiger partial charge in [-0.05, 0) is 43.7 Å². The molecule has 8 nitrogen and oxygen atoms in total. The Hall–Kier alpha value is -3.33. The second kappa shape index (κ2) is 10.6. The Morgan fingerprint density at radius 3 is 2.71 bits per heavy atom. The van der Waals surface area contributed by atoms with Crippen LogP contribution in [-0.2, 0) is 23.2 Å². The monoisotopic (exact) mass is 440 g/mol. The van der Waals surface area contributed by atoms with Gasteiger partial charge in [-0.1, -0.05) is 36.0 Å². The molecule has 0 atom stereocenters. The molecule has 31 heavy (non-hydrogen) atoms. The maximum atomic E-state index is 12.4. The van der Waals surface area contributed by atoms with Gasteiger partial charge in [0.25, 0.3) is 0 Å². The molecule has 0 saturated carbocycles. The lowest BCUT2D eigenvalue weighted by Gasteiger charge is -2.10. The van der Waals surface area contributed by atoms with E-state index in [2.05, 4.69) is 15.5 Å². The van der Waals surface area contributed by atoms with Gasteiger partial charge in [-0.25, -0.2) is 4.79 Å². The summed E-state index contributed by atoms with van der Waals surface area (Å²) in [5, 5.41) is 11.6. The van der Waals surface area contributed by atoms with Crippen molar-refractivity contribution in [2.75, 3.05) is 17.7 Å². The summed E-state index contributed by atoms with van der Waals surface area (Å²) in [6.07, 6.45) is 0. The number of hydrogen-bond acceptors (Lipinski definition) is 7. The van der Waals surface area contributed by atoms with Crippen LogP contribution in [0.3, 0.4) is 0 Å². The van der Waals surface area contributed by atoms with Crippen molar-refractivity contribution in [3.8, 4) is 5.75 Å². The molecule has 0 bridgehead atoms. The summed E-state index contributed by atoms with van der Waals surface area (Å²) in [6, 6.07) is 14.5. The van der Waals surface area contributed by atoms with Gasteiger partial charge in [-0.15, -0.1) is 10.2 Å². The average molecular weight is 441 g/mol. The van der Waals surface area contributed by atoms with Crippen molar-refractivity contribution in [1.82, 2.24) is 14.8 Å². The predicted molar refractivity (Wildman–Crippen MR) is 118 cm³/mol. The summed E-state index contributed by atoms with van der Waals surface area (Å²) in [5.74, 6) is 0.788. The minimum absolute atomic E-state index is 0.113. The van der Waals surface area contributed by atoms with Gasteiger partial charge in [0.05, 0.1) is 23.6 Å². The SMILES string of the molecule is CCOC(=O)c1ccccc1NC(=O)CSc1nnc(COc2cccc(C)c2)n1C. The highest BCUT2D eigenvalue weighted by molar-refractivity contribution is 7.99. The van der Waals surface area contributed by atoms with E-state index in [0.29, 0.717) is 22.2 Å². The van der Waals surface area contributed by atoms with Gasteiger partial charge >= 0.3 is 5.97 Å². The molecule has 3 aromatic rings. The molecular weight excluding hydrogens is 416 g/mol. The topological polar surface area (TPSA) is 95.3 Å². The third-order valence-electron chi connectivity index (χ3n) is 4.31. The van der Waals surface area contributed by atoms with Crippen LogP contribution in [0.25, 0.3) is 0 Å². The molecule has 0 aliphatic rings. The number of nitrogens with zero attached hydrogens (tertiary/aromatic N) is 3. The molecule has 1 heterocycles. The van der Waals surface area contributed by atoms with Gasteiger partial charge in [0.15, 0.2) is 11.0 Å². The third-order valence-corrected chi connectivity index (χ3v) is 5.33. The lowest BCUT2D eigenvalue weighted by Crippen LogP contribution is -2.17. The molecule has 1 amide bonds. The van der Waals surface area contributed by atoms with Crippen molar-refractivity contribution in [3.05, 3.63) is 65.5 Å². The zero-order chi connectivity index (χ0) is 22.2. The Morgan fingerprint density at radius 1 is 1.13 bits per heavy atom. The first kappa shape index (κ1) is 22.4. The number of aromatic nitrogens is 3. The maximum absolute atomic E-state index is 12.4. The molecular formula is C22H24N4O4S. The fourth-order valence-electron chi connectivity index (χ4n) is 2.74. The first-order valence-corrected chi connectivity index (χ1v) is 10.7. The molecule has 0 unspecified atom stereocenters. The van der Waals surface area contributed by atoms with Gasteiger partial charge in [-0.2, -0.15) is 0 Å². The average Bonchev–Trinajstić information content (AvgIpc) is 3.11. The van der Waals surface area contributed by atoms with E-state index in [1.165, 1.54) is 11.8 Å². The number of benzene rings is 2. The molecule has 0 spiro atoms. The molecule has 2 aromatic carbocycles. The first-order chi connectivity index (χ1) is 15.0. The minimum atomic E-state index is -0.474. The number of amides is 1. The van der Waals surface area contributed by atoms with Crippen LogP contribution in [0.4, 0.5) is 5.69 Å². The summed E-state index contributed by atoms with van der Waals surface area (Å²) in [5.41, 5.74) is 1.84. The smallest absolute Gasteiger partial charge is 0.340 e. The molecule has 0 aliphatic carbocycles. The molecule has 3 rings (SSSR count). The third kappa shape index (κ3) is 6.08. The Morgan fingerprint density at radius 2 is 1.94 bits per heavy atom. The second-order valence-electron chi connectivity index (χ2n) is 6.67. The highest BCUT2D eigenvalue weighted by Gasteiger charge is 2.16. The first-order valence-electron chi connectivity index (χ1n) is 9.74. The number of rotatable bonds is 9. The number of para-hydroxylation sites is 1. The number of aryl methyl sites for hydroxylation is 1. The Kier molecular flexibility index (Phi) is 7.66. The quantitative estimate of drug-likeness (QED) is 0.401. The van der Waals surface area contributed by atoms with Crippen molar-refractivity contribution < 1.29 is 19.1 Å². The van der Waals surface area contributed by atoms with Gasteiger partial charge in [0, 0.05) is 7.05 Å². The van der Waals surface area contributed by atoms with Crippen molar-refractivity contribution in [2.45, 2.75) is 25.6 Å². The van der Waals surface area contributed by atoms with Crippen LogP contribution < -0.4 is 10.1 Å². The van der Waals surface area contributed by atoms with Crippen LogP contribution in [0.2, 0.25) is 0 Å². The molecule has 9 heteroatoms. The van der Waals surface area contributed by atoms with Gasteiger partial charge in [0.1, 0.15) is 12.4 Å². The van der Waals surface area contributed by atoms with Gasteiger partial charge in [-0.3, -0.25) is 4.79 Å². The lowest BCUT2D eigenvalue weighted by molar-refractivity contribution is -0.113. The van der Waals surface area contributed by atoms with E-state index < -0.39 is 5.97 Å². The number of esters is 1. The van der Waals surface area contributed by atoms with E-state index in [-0.39, 0.29) is 24.9 Å². The van der Waals surface area contributed by atoms with Crippen LogP contribution in [-0.4, -0.2) is 39.0 Å². The van der Waals surface area contributed by atoms with Crippen LogP contribution in [0.15, 0.2) is 53.7 Å². The van der Waals surface area contributed by atoms with Gasteiger partial charge in [0.2, 0.25) is 5.91 Å². The number of anilines is 1. The number of nitrogens with one attached hydrogen (secondary N) is 1. The molecule has 162 valence electrons. The second-order valence-corrected chi connectivity index (χ2v) is 7.61. The number of hydrogen-bond donors (Lipinski definition) is 1. The highest BCUT2D eigenvalue weighted by Crippen LogP contribution is 2.20. The molecule has 1 N–H and O–H groups in total. The van der Waals surface area contributed by atoms with Crippen molar-refractivity contribution in [1.29, 1.82) is 0 Å². The highest BCUT2D eigenvalue weighted by atomic mass is 32.2. The van der Waals surface area contributed by atoms with Crippen LogP contribution in [0.5, 0.6) is 5.75 Å². The lowest BCUT2D eigenvalue weighted by atomic mass is 10.2. The number of carbonyl (C=O) groups is 2. The summed E-state index contributed by atoms with van der Waals surface area (Å²) in [7, 11) is 1.82. The van der Waals surface area contributed by atoms with Crippen LogP contribution in [0.1, 0.15) is 28.7 Å². The Labute approximate surface area is 185 Å². The summed E-state index contributed by atoms with van der Waals surface area (Å²) in [6.45, 7) is 4.27. The molecule has 0 radical (unpaired) electrons. The molecule has 0 saturated heterocycles. The number of ether oxygens (including phenoxy) is 2. The number of carbonyl (C=O) groups excluding carboxylic acids is 2.